The molecule has 0 aliphatic carbocycles. The average Bonchev–Trinajstić information content (AvgIpc) is 2.30. The van der Waals surface area contributed by atoms with Crippen molar-refractivity contribution in [3.05, 3.63) is 34.1 Å². The molecule has 0 saturated carbocycles. The second-order valence-electron chi connectivity index (χ2n) is 4.58. The van der Waals surface area contributed by atoms with Gasteiger partial charge in [-0.1, -0.05) is 15.9 Å². The van der Waals surface area contributed by atoms with E-state index in [1.807, 2.05) is 6.07 Å². The normalized spacial score (nSPS) is 24.9. The minimum Gasteiger partial charge on any atom is -0.378 e. The lowest BCUT2D eigenvalue weighted by atomic mass is 10.0. The number of nitrogens with one attached hydrogen (secondary N) is 1. The number of benzene rings is 1. The molecule has 1 heterocycles. The Morgan fingerprint density at radius 1 is 1.47 bits per heavy atom. The van der Waals surface area contributed by atoms with Crippen LogP contribution in [0.25, 0.3) is 0 Å². The molecule has 1 aliphatic heterocycles. The van der Waals surface area contributed by atoms with E-state index in [4.69, 9.17) is 4.74 Å². The highest BCUT2D eigenvalue weighted by Crippen LogP contribution is 2.18. The minimum absolute atomic E-state index is 0.127. The fraction of sp³-hybridized carbons (Fsp3) is 0.538. The summed E-state index contributed by atoms with van der Waals surface area (Å²) in [5.74, 6) is -0.127. The van der Waals surface area contributed by atoms with E-state index < -0.39 is 0 Å². The predicted octanol–water partition coefficient (Wildman–Crippen LogP) is 2.90. The first-order chi connectivity index (χ1) is 8.15. The number of hydrogen-bond donors (Lipinski definition) is 1. The molecule has 1 aliphatic rings. The van der Waals surface area contributed by atoms with Gasteiger partial charge in [-0.3, -0.25) is 0 Å². The molecule has 0 bridgehead atoms. The van der Waals surface area contributed by atoms with Crippen LogP contribution in [-0.4, -0.2) is 25.3 Å². The Labute approximate surface area is 110 Å². The van der Waals surface area contributed by atoms with Crippen molar-refractivity contribution in [3.63, 3.8) is 0 Å². The topological polar surface area (TPSA) is 21.3 Å². The molecule has 4 heteroatoms. The summed E-state index contributed by atoms with van der Waals surface area (Å²) in [6.45, 7) is 3.59. The van der Waals surface area contributed by atoms with E-state index in [1.165, 1.54) is 6.07 Å². The molecule has 1 N–H and O–H groups in total. The molecule has 2 rings (SSSR count). The Morgan fingerprint density at radius 2 is 2.29 bits per heavy atom. The van der Waals surface area contributed by atoms with Gasteiger partial charge in [0.1, 0.15) is 5.82 Å². The Balaban J connectivity index is 1.90. The van der Waals surface area contributed by atoms with E-state index >= 15 is 0 Å². The largest absolute Gasteiger partial charge is 0.378 e. The highest BCUT2D eigenvalue weighted by atomic mass is 79.9. The van der Waals surface area contributed by atoms with Crippen LogP contribution in [0.5, 0.6) is 0 Å². The molecule has 0 radical (unpaired) electrons. The van der Waals surface area contributed by atoms with E-state index in [1.54, 1.807) is 6.07 Å². The van der Waals surface area contributed by atoms with Gasteiger partial charge >= 0.3 is 0 Å². The van der Waals surface area contributed by atoms with E-state index in [9.17, 15) is 4.39 Å². The van der Waals surface area contributed by atoms with Crippen LogP contribution in [0.2, 0.25) is 0 Å². The third kappa shape index (κ3) is 3.76. The van der Waals surface area contributed by atoms with Crippen LogP contribution in [0.1, 0.15) is 18.9 Å². The van der Waals surface area contributed by atoms with Crippen LogP contribution in [-0.2, 0) is 11.2 Å². The van der Waals surface area contributed by atoms with Gasteiger partial charge in [0, 0.05) is 16.6 Å². The van der Waals surface area contributed by atoms with Crippen LogP contribution in [0.3, 0.4) is 0 Å². The van der Waals surface area contributed by atoms with Gasteiger partial charge in [-0.05, 0) is 43.5 Å². The summed E-state index contributed by atoms with van der Waals surface area (Å²) in [7, 11) is 0. The van der Waals surface area contributed by atoms with Gasteiger partial charge in [0.15, 0.2) is 0 Å². The Kier molecular flexibility index (Phi) is 4.54. The lowest BCUT2D eigenvalue weighted by Crippen LogP contribution is -2.47. The summed E-state index contributed by atoms with van der Waals surface area (Å²) >= 11 is 3.36. The fourth-order valence-electron chi connectivity index (χ4n) is 2.12. The number of halogens is 2. The van der Waals surface area contributed by atoms with Crippen molar-refractivity contribution in [3.8, 4) is 0 Å². The van der Waals surface area contributed by atoms with Crippen LogP contribution in [0.4, 0.5) is 4.39 Å². The first-order valence-electron chi connectivity index (χ1n) is 5.93. The molecule has 1 fully saturated rings. The van der Waals surface area contributed by atoms with E-state index in [2.05, 4.69) is 28.2 Å². The van der Waals surface area contributed by atoms with Gasteiger partial charge in [0.2, 0.25) is 0 Å². The third-order valence-electron chi connectivity index (χ3n) is 2.98. The van der Waals surface area contributed by atoms with Crippen LogP contribution in [0, 0.1) is 5.82 Å². The molecule has 0 spiro atoms. The van der Waals surface area contributed by atoms with Crippen molar-refractivity contribution >= 4 is 15.9 Å². The number of hydrogen-bond acceptors (Lipinski definition) is 2. The maximum atomic E-state index is 13.5. The van der Waals surface area contributed by atoms with Crippen molar-refractivity contribution < 1.29 is 9.13 Å². The van der Waals surface area contributed by atoms with Crippen molar-refractivity contribution in [2.24, 2.45) is 0 Å². The van der Waals surface area contributed by atoms with Crippen LogP contribution >= 0.6 is 15.9 Å². The summed E-state index contributed by atoms with van der Waals surface area (Å²) in [5, 5.41) is 3.46. The summed E-state index contributed by atoms with van der Waals surface area (Å²) < 4.78 is 19.9. The van der Waals surface area contributed by atoms with Crippen molar-refractivity contribution in [1.82, 2.24) is 5.32 Å². The van der Waals surface area contributed by atoms with Gasteiger partial charge < -0.3 is 10.1 Å². The average molecular weight is 302 g/mol. The highest BCUT2D eigenvalue weighted by Gasteiger charge is 2.18. The minimum atomic E-state index is -0.127. The van der Waals surface area contributed by atoms with Gasteiger partial charge in [-0.15, -0.1) is 0 Å². The number of morpholine rings is 1. The van der Waals surface area contributed by atoms with Gasteiger partial charge in [-0.25, -0.2) is 4.39 Å². The first-order valence-corrected chi connectivity index (χ1v) is 6.72. The molecule has 1 saturated heterocycles. The molecular formula is C13H17BrFNO. The number of rotatable bonds is 3. The second-order valence-corrected chi connectivity index (χ2v) is 5.49. The summed E-state index contributed by atoms with van der Waals surface area (Å²) in [4.78, 5) is 0. The summed E-state index contributed by atoms with van der Waals surface area (Å²) in [6.07, 6.45) is 1.64. The van der Waals surface area contributed by atoms with Crippen molar-refractivity contribution in [2.75, 3.05) is 13.2 Å². The lowest BCUT2D eigenvalue weighted by molar-refractivity contribution is 0.0482. The zero-order valence-corrected chi connectivity index (χ0v) is 11.5. The maximum absolute atomic E-state index is 13.5. The van der Waals surface area contributed by atoms with Gasteiger partial charge in [-0.2, -0.15) is 0 Å². The molecule has 2 atom stereocenters. The van der Waals surface area contributed by atoms with Gasteiger partial charge in [0.25, 0.3) is 0 Å². The molecule has 94 valence electrons. The SMILES string of the molecule is CC1COCC(CCc2cc(Br)ccc2F)N1. The number of aryl methyl sites for hydroxylation is 1. The Hall–Kier alpha value is -0.450. The molecule has 0 amide bonds. The van der Waals surface area contributed by atoms with Crippen LogP contribution < -0.4 is 5.32 Å². The molecule has 0 aromatic heterocycles. The van der Waals surface area contributed by atoms with E-state index in [-0.39, 0.29) is 5.82 Å². The molecule has 1 aromatic rings. The molecular weight excluding hydrogens is 285 g/mol. The van der Waals surface area contributed by atoms with Crippen LogP contribution in [0.15, 0.2) is 22.7 Å². The highest BCUT2D eigenvalue weighted by molar-refractivity contribution is 9.10. The third-order valence-corrected chi connectivity index (χ3v) is 3.47. The first kappa shape index (κ1) is 13.0. The zero-order valence-electron chi connectivity index (χ0n) is 9.88. The smallest absolute Gasteiger partial charge is 0.126 e. The van der Waals surface area contributed by atoms with Crippen molar-refractivity contribution in [2.45, 2.75) is 31.8 Å². The number of ether oxygens (including phenoxy) is 1. The molecule has 17 heavy (non-hydrogen) atoms. The standard InChI is InChI=1S/C13H17BrFNO/c1-9-7-17-8-12(16-9)4-2-10-6-11(14)3-5-13(10)15/h3,5-6,9,12,16H,2,4,7-8H2,1H3. The van der Waals surface area contributed by atoms with Crippen molar-refractivity contribution in [1.29, 1.82) is 0 Å². The maximum Gasteiger partial charge on any atom is 0.126 e. The monoisotopic (exact) mass is 301 g/mol. The Morgan fingerprint density at radius 3 is 3.06 bits per heavy atom. The lowest BCUT2D eigenvalue weighted by Gasteiger charge is -2.29. The van der Waals surface area contributed by atoms with E-state index in [0.29, 0.717) is 12.1 Å². The van der Waals surface area contributed by atoms with E-state index in [0.717, 1.165) is 36.1 Å². The summed E-state index contributed by atoms with van der Waals surface area (Å²) in [6, 6.07) is 5.80. The molecule has 2 nitrogen and oxygen atoms in total. The second kappa shape index (κ2) is 5.94. The van der Waals surface area contributed by atoms with Gasteiger partial charge in [0.05, 0.1) is 13.2 Å². The predicted molar refractivity (Wildman–Crippen MR) is 69.6 cm³/mol. The zero-order chi connectivity index (χ0) is 12.3. The quantitative estimate of drug-likeness (QED) is 0.927. The Bertz CT molecular complexity index is 386. The molecule has 2 unspecified atom stereocenters. The molecule has 1 aromatic carbocycles. The fourth-order valence-corrected chi connectivity index (χ4v) is 2.53. The summed E-state index contributed by atoms with van der Waals surface area (Å²) in [5.41, 5.74) is 0.763.